The smallest absolute Gasteiger partial charge is 0.256 e. The molecule has 0 bridgehead atoms. The number of nitriles is 1. The quantitative estimate of drug-likeness (QED) is 0.676. The van der Waals surface area contributed by atoms with Crippen molar-refractivity contribution in [2.45, 2.75) is 59.5 Å². The Morgan fingerprint density at radius 2 is 2.04 bits per heavy atom. The monoisotopic (exact) mass is 346 g/mol. The minimum Gasteiger partial charge on any atom is -0.492 e. The summed E-state index contributed by atoms with van der Waals surface area (Å²) < 4.78 is 11.4. The molecule has 1 rings (SSSR count). The van der Waals surface area contributed by atoms with E-state index in [1.165, 1.54) is 0 Å². The highest BCUT2D eigenvalue weighted by molar-refractivity contribution is 5.97. The zero-order valence-electron chi connectivity index (χ0n) is 16.0. The summed E-state index contributed by atoms with van der Waals surface area (Å²) in [6.07, 6.45) is 2.34. The molecule has 25 heavy (non-hydrogen) atoms. The Bertz CT molecular complexity index is 607. The Kier molecular flexibility index (Phi) is 8.44. The molecule has 1 amide bonds. The molecule has 0 aliphatic heterocycles. The lowest BCUT2D eigenvalue weighted by molar-refractivity contribution is -0.140. The van der Waals surface area contributed by atoms with Crippen LogP contribution in [0.1, 0.15) is 59.4 Å². The summed E-state index contributed by atoms with van der Waals surface area (Å²) in [5, 5.41) is 12.2. The molecule has 0 spiro atoms. The van der Waals surface area contributed by atoms with Crippen molar-refractivity contribution in [1.82, 2.24) is 0 Å². The first kappa shape index (κ1) is 21.0. The maximum atomic E-state index is 12.7. The van der Waals surface area contributed by atoms with Crippen LogP contribution in [0.25, 0.3) is 0 Å². The lowest BCUT2D eigenvalue weighted by atomic mass is 9.98. The van der Waals surface area contributed by atoms with E-state index in [9.17, 15) is 10.1 Å². The molecule has 0 saturated carbocycles. The number of carbonyl (C=O) groups excluding carboxylic acids is 1. The highest BCUT2D eigenvalue weighted by Gasteiger charge is 2.33. The molecule has 5 heteroatoms. The molecule has 0 aromatic heterocycles. The van der Waals surface area contributed by atoms with Crippen LogP contribution in [0.15, 0.2) is 18.2 Å². The summed E-state index contributed by atoms with van der Waals surface area (Å²) in [6, 6.07) is 7.24. The van der Waals surface area contributed by atoms with Gasteiger partial charge in [0.15, 0.2) is 0 Å². The molecule has 138 valence electrons. The Labute approximate surface area is 151 Å². The van der Waals surface area contributed by atoms with Crippen LogP contribution in [-0.4, -0.2) is 24.7 Å². The third-order valence-electron chi connectivity index (χ3n) is 3.76. The largest absolute Gasteiger partial charge is 0.492 e. The second-order valence-corrected chi connectivity index (χ2v) is 6.81. The average molecular weight is 346 g/mol. The minimum atomic E-state index is -0.871. The van der Waals surface area contributed by atoms with Crippen molar-refractivity contribution in [3.05, 3.63) is 23.8 Å². The van der Waals surface area contributed by atoms with E-state index in [1.807, 2.05) is 34.6 Å². The van der Waals surface area contributed by atoms with Gasteiger partial charge in [0.1, 0.15) is 17.4 Å². The van der Waals surface area contributed by atoms with E-state index in [1.54, 1.807) is 18.2 Å². The van der Waals surface area contributed by atoms with Crippen molar-refractivity contribution in [3.63, 3.8) is 0 Å². The summed E-state index contributed by atoms with van der Waals surface area (Å²) in [6.45, 7) is 11.0. The Balaban J connectivity index is 2.90. The van der Waals surface area contributed by atoms with Crippen molar-refractivity contribution in [1.29, 1.82) is 5.26 Å². The highest BCUT2D eigenvalue weighted by atomic mass is 16.5. The van der Waals surface area contributed by atoms with E-state index in [4.69, 9.17) is 9.47 Å². The van der Waals surface area contributed by atoms with Crippen LogP contribution in [-0.2, 0) is 9.53 Å². The number of nitrogens with zero attached hydrogens (tertiary/aromatic N) is 1. The SMILES string of the molecule is CCCO[C@@](C)(CCC)C(=O)Nc1ccc(OCC(C)C)c(C#N)c1. The lowest BCUT2D eigenvalue weighted by Gasteiger charge is -2.28. The fourth-order valence-electron chi connectivity index (χ4n) is 2.40. The van der Waals surface area contributed by atoms with E-state index in [-0.39, 0.29) is 5.91 Å². The lowest BCUT2D eigenvalue weighted by Crippen LogP contribution is -2.43. The second kappa shape index (κ2) is 10.0. The normalized spacial score (nSPS) is 13.2. The minimum absolute atomic E-state index is 0.192. The Morgan fingerprint density at radius 3 is 2.60 bits per heavy atom. The highest BCUT2D eigenvalue weighted by Crippen LogP contribution is 2.25. The van der Waals surface area contributed by atoms with Crippen LogP contribution in [0, 0.1) is 17.2 Å². The van der Waals surface area contributed by atoms with Crippen molar-refractivity contribution in [2.75, 3.05) is 18.5 Å². The molecule has 0 radical (unpaired) electrons. The zero-order chi connectivity index (χ0) is 18.9. The summed E-state index contributed by atoms with van der Waals surface area (Å²) in [4.78, 5) is 12.7. The van der Waals surface area contributed by atoms with Crippen LogP contribution in [0.5, 0.6) is 5.75 Å². The summed E-state index contributed by atoms with van der Waals surface area (Å²) in [5.74, 6) is 0.715. The van der Waals surface area contributed by atoms with Gasteiger partial charge in [0.05, 0.1) is 12.2 Å². The van der Waals surface area contributed by atoms with Gasteiger partial charge in [0, 0.05) is 12.3 Å². The number of benzene rings is 1. The summed E-state index contributed by atoms with van der Waals surface area (Å²) in [7, 11) is 0. The van der Waals surface area contributed by atoms with Gasteiger partial charge in [-0.2, -0.15) is 5.26 Å². The summed E-state index contributed by atoms with van der Waals surface area (Å²) >= 11 is 0. The molecule has 0 aliphatic rings. The second-order valence-electron chi connectivity index (χ2n) is 6.81. The van der Waals surface area contributed by atoms with E-state index < -0.39 is 5.60 Å². The molecule has 1 aromatic carbocycles. The number of nitrogens with one attached hydrogen (secondary N) is 1. The molecule has 0 heterocycles. The number of ether oxygens (including phenoxy) is 2. The fourth-order valence-corrected chi connectivity index (χ4v) is 2.40. The first-order valence-electron chi connectivity index (χ1n) is 8.98. The van der Waals surface area contributed by atoms with Gasteiger partial charge in [-0.05, 0) is 43.9 Å². The molecule has 1 N–H and O–H groups in total. The van der Waals surface area contributed by atoms with Crippen molar-refractivity contribution < 1.29 is 14.3 Å². The number of rotatable bonds is 10. The van der Waals surface area contributed by atoms with Gasteiger partial charge in [-0.3, -0.25) is 4.79 Å². The van der Waals surface area contributed by atoms with Gasteiger partial charge >= 0.3 is 0 Å². The van der Waals surface area contributed by atoms with Gasteiger partial charge in [-0.15, -0.1) is 0 Å². The summed E-state index contributed by atoms with van der Waals surface area (Å²) in [5.41, 5.74) is 0.107. The first-order valence-corrected chi connectivity index (χ1v) is 8.98. The average Bonchev–Trinajstić information content (AvgIpc) is 2.58. The third kappa shape index (κ3) is 6.39. The van der Waals surface area contributed by atoms with Crippen molar-refractivity contribution in [2.24, 2.45) is 5.92 Å². The first-order chi connectivity index (χ1) is 11.9. The Hall–Kier alpha value is -2.06. The number of hydrogen-bond donors (Lipinski definition) is 1. The fraction of sp³-hybridized carbons (Fsp3) is 0.600. The molecule has 0 unspecified atom stereocenters. The molecule has 1 atom stereocenters. The van der Waals surface area contributed by atoms with E-state index >= 15 is 0 Å². The number of carbonyl (C=O) groups is 1. The van der Waals surface area contributed by atoms with E-state index in [0.29, 0.717) is 42.6 Å². The zero-order valence-corrected chi connectivity index (χ0v) is 16.0. The molecular formula is C20H30N2O3. The van der Waals surface area contributed by atoms with Crippen molar-refractivity contribution in [3.8, 4) is 11.8 Å². The van der Waals surface area contributed by atoms with Crippen LogP contribution in [0.4, 0.5) is 5.69 Å². The predicted octanol–water partition coefficient (Wildman–Crippen LogP) is 4.52. The maximum absolute atomic E-state index is 12.7. The van der Waals surface area contributed by atoms with E-state index in [2.05, 4.69) is 11.4 Å². The van der Waals surface area contributed by atoms with Crippen molar-refractivity contribution >= 4 is 11.6 Å². The molecular weight excluding hydrogens is 316 g/mol. The molecule has 0 fully saturated rings. The topological polar surface area (TPSA) is 71.3 Å². The molecule has 0 saturated heterocycles. The predicted molar refractivity (Wildman–Crippen MR) is 99.7 cm³/mol. The van der Waals surface area contributed by atoms with Crippen LogP contribution >= 0.6 is 0 Å². The van der Waals surface area contributed by atoms with Crippen LogP contribution in [0.3, 0.4) is 0 Å². The maximum Gasteiger partial charge on any atom is 0.256 e. The van der Waals surface area contributed by atoms with Gasteiger partial charge in [0.2, 0.25) is 0 Å². The van der Waals surface area contributed by atoms with Gasteiger partial charge in [-0.1, -0.05) is 34.1 Å². The van der Waals surface area contributed by atoms with Gasteiger partial charge in [0.25, 0.3) is 5.91 Å². The number of hydrogen-bond acceptors (Lipinski definition) is 4. The van der Waals surface area contributed by atoms with Crippen LogP contribution < -0.4 is 10.1 Å². The third-order valence-corrected chi connectivity index (χ3v) is 3.76. The van der Waals surface area contributed by atoms with E-state index in [0.717, 1.165) is 12.8 Å². The molecule has 1 aromatic rings. The standard InChI is InChI=1S/C20H30N2O3/c1-6-10-20(5,25-11-7-2)19(23)22-17-8-9-18(16(12-17)13-21)24-14-15(3)4/h8-9,12,15H,6-7,10-11,14H2,1-5H3,(H,22,23)/t20-/m0/s1. The number of anilines is 1. The molecule has 0 aliphatic carbocycles. The Morgan fingerprint density at radius 1 is 1.32 bits per heavy atom. The molecule has 5 nitrogen and oxygen atoms in total. The number of amides is 1. The van der Waals surface area contributed by atoms with Gasteiger partial charge < -0.3 is 14.8 Å². The van der Waals surface area contributed by atoms with Crippen LogP contribution in [0.2, 0.25) is 0 Å². The van der Waals surface area contributed by atoms with Gasteiger partial charge in [-0.25, -0.2) is 0 Å².